The average Bonchev–Trinajstić information content (AvgIpc) is 3.20. The fourth-order valence-electron chi connectivity index (χ4n) is 3.94. The van der Waals surface area contributed by atoms with Crippen LogP contribution >= 0.6 is 0 Å². The fourth-order valence-corrected chi connectivity index (χ4v) is 5.41. The number of sulfonamides is 1. The highest BCUT2D eigenvalue weighted by Crippen LogP contribution is 2.28. The first kappa shape index (κ1) is 20.4. The average molecular weight is 426 g/mol. The lowest BCUT2D eigenvalue weighted by Gasteiger charge is -2.30. The summed E-state index contributed by atoms with van der Waals surface area (Å²) in [4.78, 5) is 12.7. The summed E-state index contributed by atoms with van der Waals surface area (Å²) in [6.07, 6.45) is 1.67. The molecule has 2 aromatic carbocycles. The van der Waals surface area contributed by atoms with Crippen LogP contribution in [0.2, 0.25) is 0 Å². The maximum atomic E-state index is 12.8. The van der Waals surface area contributed by atoms with E-state index in [0.29, 0.717) is 38.0 Å². The maximum absolute atomic E-state index is 12.8. The summed E-state index contributed by atoms with van der Waals surface area (Å²) in [6.45, 7) is 1.04. The van der Waals surface area contributed by atoms with Gasteiger partial charge in [0.15, 0.2) is 0 Å². The predicted molar refractivity (Wildman–Crippen MR) is 110 cm³/mol. The first-order chi connectivity index (χ1) is 14.5. The van der Waals surface area contributed by atoms with Crippen molar-refractivity contribution >= 4 is 15.9 Å². The van der Waals surface area contributed by atoms with Crippen LogP contribution in [0.1, 0.15) is 24.0 Å². The first-order valence-electron chi connectivity index (χ1n) is 10.00. The first-order valence-corrected chi connectivity index (χ1v) is 11.4. The van der Waals surface area contributed by atoms with Crippen molar-refractivity contribution in [2.45, 2.75) is 30.3 Å². The number of hydrogen-bond acceptors (Lipinski definition) is 5. The number of benzene rings is 2. The molecular formula is C22H23N3O4S. The molecule has 1 fully saturated rings. The zero-order valence-corrected chi connectivity index (χ0v) is 17.3. The van der Waals surface area contributed by atoms with E-state index in [1.54, 1.807) is 0 Å². The van der Waals surface area contributed by atoms with Crippen LogP contribution in [0.25, 0.3) is 0 Å². The third kappa shape index (κ3) is 4.18. The van der Waals surface area contributed by atoms with Crippen LogP contribution in [0.15, 0.2) is 53.4 Å². The van der Waals surface area contributed by atoms with Crippen molar-refractivity contribution in [1.82, 2.24) is 9.62 Å². The largest absolute Gasteiger partial charge is 0.488 e. The Labute approximate surface area is 176 Å². The van der Waals surface area contributed by atoms with Crippen LogP contribution < -0.4 is 10.1 Å². The minimum absolute atomic E-state index is 0.0509. The van der Waals surface area contributed by atoms with Gasteiger partial charge in [0.25, 0.3) is 0 Å². The topological polar surface area (TPSA) is 99.5 Å². The molecular weight excluding hydrogens is 402 g/mol. The fraction of sp³-hybridized carbons (Fsp3) is 0.364. The van der Waals surface area contributed by atoms with E-state index in [2.05, 4.69) is 5.32 Å². The van der Waals surface area contributed by atoms with E-state index in [-0.39, 0.29) is 22.8 Å². The Morgan fingerprint density at radius 2 is 1.83 bits per heavy atom. The lowest BCUT2D eigenvalue weighted by Crippen LogP contribution is -2.44. The number of rotatable bonds is 5. The number of nitriles is 1. The van der Waals surface area contributed by atoms with Crippen LogP contribution in [-0.4, -0.2) is 44.4 Å². The molecule has 30 heavy (non-hydrogen) atoms. The Morgan fingerprint density at radius 3 is 2.50 bits per heavy atom. The highest BCUT2D eigenvalue weighted by molar-refractivity contribution is 7.89. The highest BCUT2D eigenvalue weighted by Gasteiger charge is 2.32. The third-order valence-electron chi connectivity index (χ3n) is 5.66. The Kier molecular flexibility index (Phi) is 5.75. The number of piperidine rings is 1. The zero-order chi connectivity index (χ0) is 21.1. The summed E-state index contributed by atoms with van der Waals surface area (Å²) in [5.74, 6) is 0.615. The monoisotopic (exact) mass is 425 g/mol. The molecule has 2 aliphatic heterocycles. The molecule has 2 aromatic rings. The van der Waals surface area contributed by atoms with Gasteiger partial charge in [-0.15, -0.1) is 0 Å². The number of para-hydroxylation sites is 1. The number of nitrogens with zero attached hydrogens (tertiary/aromatic N) is 2. The van der Waals surface area contributed by atoms with Gasteiger partial charge in [-0.05, 0) is 48.7 Å². The molecule has 0 aromatic heterocycles. The third-order valence-corrected chi connectivity index (χ3v) is 7.58. The van der Waals surface area contributed by atoms with Crippen LogP contribution in [0, 0.1) is 17.2 Å². The lowest BCUT2D eigenvalue weighted by atomic mass is 9.97. The highest BCUT2D eigenvalue weighted by atomic mass is 32.2. The van der Waals surface area contributed by atoms with Gasteiger partial charge in [-0.1, -0.05) is 18.2 Å². The molecule has 156 valence electrons. The van der Waals surface area contributed by atoms with Crippen molar-refractivity contribution in [2.75, 3.05) is 19.6 Å². The summed E-state index contributed by atoms with van der Waals surface area (Å²) in [5.41, 5.74) is 1.57. The standard InChI is InChI=1S/C22H23N3O4S/c23-14-16-5-7-20(8-6-16)30(27,28)25-11-9-17(10-12-25)22(26)24-15-19-13-18-3-1-2-4-21(18)29-19/h1-8,17,19H,9-13,15H2,(H,24,26). The van der Waals surface area contributed by atoms with Crippen LogP contribution in [0.4, 0.5) is 0 Å². The molecule has 2 heterocycles. The lowest BCUT2D eigenvalue weighted by molar-refractivity contribution is -0.126. The molecule has 0 radical (unpaired) electrons. The molecule has 0 aliphatic carbocycles. The Balaban J connectivity index is 1.28. The summed E-state index contributed by atoms with van der Waals surface area (Å²) in [6, 6.07) is 15.7. The Hall–Kier alpha value is -2.89. The number of hydrogen-bond donors (Lipinski definition) is 1. The molecule has 1 atom stereocenters. The summed E-state index contributed by atoms with van der Waals surface area (Å²) in [7, 11) is -3.62. The van der Waals surface area contributed by atoms with Crippen LogP contribution in [0.5, 0.6) is 5.75 Å². The zero-order valence-electron chi connectivity index (χ0n) is 16.5. The molecule has 8 heteroatoms. The number of carbonyl (C=O) groups is 1. The quantitative estimate of drug-likeness (QED) is 0.791. The second-order valence-corrected chi connectivity index (χ2v) is 9.55. The van der Waals surface area contributed by atoms with E-state index in [9.17, 15) is 13.2 Å². The van der Waals surface area contributed by atoms with E-state index >= 15 is 0 Å². The predicted octanol–water partition coefficient (Wildman–Crippen LogP) is 2.08. The molecule has 1 saturated heterocycles. The van der Waals surface area contributed by atoms with Gasteiger partial charge in [0, 0.05) is 25.4 Å². The van der Waals surface area contributed by atoms with Gasteiger partial charge in [0.05, 0.1) is 23.1 Å². The normalized spacial score (nSPS) is 19.5. The van der Waals surface area contributed by atoms with E-state index < -0.39 is 10.0 Å². The van der Waals surface area contributed by atoms with Crippen molar-refractivity contribution in [3.8, 4) is 11.8 Å². The molecule has 7 nitrogen and oxygen atoms in total. The summed E-state index contributed by atoms with van der Waals surface area (Å²) in [5, 5.41) is 11.8. The van der Waals surface area contributed by atoms with Crippen molar-refractivity contribution in [3.05, 3.63) is 59.7 Å². The van der Waals surface area contributed by atoms with Crippen molar-refractivity contribution in [3.63, 3.8) is 0 Å². The number of nitrogens with one attached hydrogen (secondary N) is 1. The van der Waals surface area contributed by atoms with E-state index in [1.807, 2.05) is 30.3 Å². The van der Waals surface area contributed by atoms with E-state index in [0.717, 1.165) is 17.7 Å². The van der Waals surface area contributed by atoms with E-state index in [4.69, 9.17) is 10.00 Å². The molecule has 4 rings (SSSR count). The van der Waals surface area contributed by atoms with Gasteiger partial charge >= 0.3 is 0 Å². The van der Waals surface area contributed by atoms with Crippen molar-refractivity contribution in [1.29, 1.82) is 5.26 Å². The number of carbonyl (C=O) groups excluding carboxylic acids is 1. The number of fused-ring (bicyclic) bond motifs is 1. The number of amides is 1. The molecule has 0 saturated carbocycles. The van der Waals surface area contributed by atoms with Gasteiger partial charge in [0.2, 0.25) is 15.9 Å². The molecule has 1 N–H and O–H groups in total. The SMILES string of the molecule is N#Cc1ccc(S(=O)(=O)N2CCC(C(=O)NCC3Cc4ccccc4O3)CC2)cc1. The number of ether oxygens (including phenoxy) is 1. The Morgan fingerprint density at radius 1 is 1.13 bits per heavy atom. The van der Waals surface area contributed by atoms with E-state index in [1.165, 1.54) is 28.6 Å². The summed E-state index contributed by atoms with van der Waals surface area (Å²) >= 11 is 0. The molecule has 0 spiro atoms. The van der Waals surface area contributed by atoms with Crippen LogP contribution in [-0.2, 0) is 21.2 Å². The molecule has 1 unspecified atom stereocenters. The van der Waals surface area contributed by atoms with Crippen molar-refractivity contribution < 1.29 is 17.9 Å². The minimum Gasteiger partial charge on any atom is -0.488 e. The van der Waals surface area contributed by atoms with Crippen LogP contribution in [0.3, 0.4) is 0 Å². The van der Waals surface area contributed by atoms with Gasteiger partial charge in [-0.3, -0.25) is 4.79 Å². The Bertz CT molecular complexity index is 1040. The van der Waals surface area contributed by atoms with Gasteiger partial charge in [-0.25, -0.2) is 8.42 Å². The van der Waals surface area contributed by atoms with Gasteiger partial charge in [0.1, 0.15) is 11.9 Å². The van der Waals surface area contributed by atoms with Gasteiger partial charge < -0.3 is 10.1 Å². The maximum Gasteiger partial charge on any atom is 0.243 e. The second kappa shape index (κ2) is 8.46. The summed E-state index contributed by atoms with van der Waals surface area (Å²) < 4.78 is 32.9. The van der Waals surface area contributed by atoms with Gasteiger partial charge in [-0.2, -0.15) is 9.57 Å². The molecule has 0 bridgehead atoms. The molecule has 2 aliphatic rings. The molecule has 1 amide bonds. The minimum atomic E-state index is -3.62. The second-order valence-electron chi connectivity index (χ2n) is 7.61. The van der Waals surface area contributed by atoms with Crippen molar-refractivity contribution in [2.24, 2.45) is 5.92 Å². The smallest absolute Gasteiger partial charge is 0.243 e.